The van der Waals surface area contributed by atoms with Crippen LogP contribution in [0.4, 0.5) is 0 Å². The summed E-state index contributed by atoms with van der Waals surface area (Å²) in [4.78, 5) is 0. The molecule has 0 aliphatic rings. The fourth-order valence-electron chi connectivity index (χ4n) is 0.176. The third kappa shape index (κ3) is 10.9. The van der Waals surface area contributed by atoms with Gasteiger partial charge in [0.2, 0.25) is 0 Å². The molecule has 5 N–H and O–H groups in total. The summed E-state index contributed by atoms with van der Waals surface area (Å²) in [6.45, 7) is 0. The van der Waals surface area contributed by atoms with Crippen molar-refractivity contribution in [1.82, 2.24) is 4.37 Å². The second-order valence-electron chi connectivity index (χ2n) is 1.14. The third-order valence-electron chi connectivity index (χ3n) is 0.347. The zero-order chi connectivity index (χ0) is 7.11. The van der Waals surface area contributed by atoms with Crippen molar-refractivity contribution in [1.29, 1.82) is 5.41 Å². The van der Waals surface area contributed by atoms with Gasteiger partial charge in [-0.15, -0.1) is 0 Å². The van der Waals surface area contributed by atoms with Crippen molar-refractivity contribution in [3.63, 3.8) is 0 Å². The number of guanidine groups is 1. The normalized spacial score (nSPS) is 7.11. The van der Waals surface area contributed by atoms with E-state index in [-0.39, 0.29) is 5.96 Å². The summed E-state index contributed by atoms with van der Waals surface area (Å²) in [6.07, 6.45) is 1.77. The van der Waals surface area contributed by atoms with E-state index in [1.54, 1.807) is 6.20 Å². The Morgan fingerprint density at radius 3 is 2.22 bits per heavy atom. The molecule has 0 amide bonds. The van der Waals surface area contributed by atoms with Crippen molar-refractivity contribution in [2.24, 2.45) is 11.5 Å². The Balaban J connectivity index is 0.000000148. The summed E-state index contributed by atoms with van der Waals surface area (Å²) in [6, 6.07) is 1.91. The molecule has 0 aliphatic heterocycles. The van der Waals surface area contributed by atoms with Crippen molar-refractivity contribution >= 4 is 17.5 Å². The van der Waals surface area contributed by atoms with Gasteiger partial charge in [-0.2, -0.15) is 0 Å². The molecule has 0 fully saturated rings. The smallest absolute Gasteiger partial charge is 0.183 e. The van der Waals surface area contributed by atoms with Crippen LogP contribution < -0.4 is 11.5 Å². The molecule has 0 aliphatic carbocycles. The lowest BCUT2D eigenvalue weighted by Gasteiger charge is -1.69. The number of hydrogen-bond acceptors (Lipinski definition) is 3. The quantitative estimate of drug-likeness (QED) is 0.353. The van der Waals surface area contributed by atoms with Gasteiger partial charge in [0.05, 0.1) is 0 Å². The maximum atomic E-state index is 6.06. The summed E-state index contributed by atoms with van der Waals surface area (Å²) < 4.78 is 3.76. The highest BCUT2D eigenvalue weighted by atomic mass is 32.1. The van der Waals surface area contributed by atoms with Gasteiger partial charge in [-0.25, -0.2) is 4.37 Å². The lowest BCUT2D eigenvalue weighted by atomic mass is 10.8. The molecule has 1 aromatic rings. The van der Waals surface area contributed by atoms with Gasteiger partial charge in [0.25, 0.3) is 0 Å². The highest BCUT2D eigenvalue weighted by Crippen LogP contribution is 1.83. The second-order valence-corrected chi connectivity index (χ2v) is 1.84. The van der Waals surface area contributed by atoms with Crippen molar-refractivity contribution in [2.45, 2.75) is 0 Å². The molecule has 9 heavy (non-hydrogen) atoms. The number of aromatic nitrogens is 1. The zero-order valence-electron chi connectivity index (χ0n) is 4.74. The van der Waals surface area contributed by atoms with Crippen LogP contribution in [0.15, 0.2) is 17.6 Å². The molecule has 1 rings (SSSR count). The van der Waals surface area contributed by atoms with E-state index >= 15 is 0 Å². The number of hydrogen-bond donors (Lipinski definition) is 3. The standard InChI is InChI=1S/C3H3NS.CH5N3/c1-2-4-5-3-1;2-1(3)4/h1-3H;(H5,2,3,4). The van der Waals surface area contributed by atoms with E-state index in [1.807, 2.05) is 11.4 Å². The van der Waals surface area contributed by atoms with Gasteiger partial charge in [0.15, 0.2) is 5.96 Å². The van der Waals surface area contributed by atoms with Crippen LogP contribution in [-0.2, 0) is 0 Å². The fraction of sp³-hybridized carbons (Fsp3) is 0. The van der Waals surface area contributed by atoms with E-state index in [1.165, 1.54) is 11.5 Å². The Morgan fingerprint density at radius 2 is 2.11 bits per heavy atom. The van der Waals surface area contributed by atoms with E-state index in [4.69, 9.17) is 5.41 Å². The first-order valence-electron chi connectivity index (χ1n) is 2.17. The molecule has 5 heteroatoms. The van der Waals surface area contributed by atoms with E-state index in [2.05, 4.69) is 15.8 Å². The van der Waals surface area contributed by atoms with Gasteiger partial charge in [0, 0.05) is 11.6 Å². The molecule has 1 aromatic heterocycles. The summed E-state index contributed by atoms with van der Waals surface area (Å²) in [7, 11) is 0. The highest BCUT2D eigenvalue weighted by Gasteiger charge is 1.59. The maximum absolute atomic E-state index is 6.06. The Labute approximate surface area is 57.2 Å². The topological polar surface area (TPSA) is 88.8 Å². The molecule has 50 valence electrons. The van der Waals surface area contributed by atoms with Crippen LogP contribution in [0.2, 0.25) is 0 Å². The monoisotopic (exact) mass is 144 g/mol. The predicted molar refractivity (Wildman–Crippen MR) is 38.2 cm³/mol. The van der Waals surface area contributed by atoms with Crippen molar-refractivity contribution in [3.05, 3.63) is 17.6 Å². The SMILES string of the molecule is N=C(N)N.c1cnsc1. The number of nitrogens with zero attached hydrogens (tertiary/aromatic N) is 1. The lowest BCUT2D eigenvalue weighted by molar-refractivity contribution is 1.39. The maximum Gasteiger partial charge on any atom is 0.183 e. The molecule has 0 atom stereocenters. The Bertz CT molecular complexity index is 126. The average molecular weight is 144 g/mol. The molecule has 0 aromatic carbocycles. The van der Waals surface area contributed by atoms with Gasteiger partial charge in [-0.1, -0.05) is 0 Å². The summed E-state index contributed by atoms with van der Waals surface area (Å²) in [5, 5.41) is 7.99. The second kappa shape index (κ2) is 5.04. The summed E-state index contributed by atoms with van der Waals surface area (Å²) in [5.74, 6) is -0.333. The lowest BCUT2D eigenvalue weighted by Crippen LogP contribution is -2.20. The summed E-state index contributed by atoms with van der Waals surface area (Å²) >= 11 is 1.46. The molecule has 4 nitrogen and oxygen atoms in total. The van der Waals surface area contributed by atoms with E-state index in [0.29, 0.717) is 0 Å². The van der Waals surface area contributed by atoms with Crippen LogP contribution in [0.5, 0.6) is 0 Å². The Hall–Kier alpha value is -1.10. The van der Waals surface area contributed by atoms with Crippen LogP contribution in [-0.4, -0.2) is 10.3 Å². The van der Waals surface area contributed by atoms with Gasteiger partial charge in [-0.05, 0) is 17.6 Å². The third-order valence-corrected chi connectivity index (χ3v) is 0.869. The molecular formula is C4H8N4S. The molecule has 0 saturated heterocycles. The van der Waals surface area contributed by atoms with Crippen LogP contribution >= 0.6 is 11.5 Å². The van der Waals surface area contributed by atoms with Gasteiger partial charge in [0.1, 0.15) is 0 Å². The first-order valence-corrected chi connectivity index (χ1v) is 3.01. The molecular weight excluding hydrogens is 136 g/mol. The van der Waals surface area contributed by atoms with Crippen LogP contribution in [0, 0.1) is 5.41 Å². The molecule has 1 heterocycles. The van der Waals surface area contributed by atoms with Crippen molar-refractivity contribution in [3.8, 4) is 0 Å². The van der Waals surface area contributed by atoms with Crippen molar-refractivity contribution < 1.29 is 0 Å². The number of nitrogens with one attached hydrogen (secondary N) is 1. The highest BCUT2D eigenvalue weighted by molar-refractivity contribution is 7.03. The van der Waals surface area contributed by atoms with Crippen LogP contribution in [0.3, 0.4) is 0 Å². The molecule has 0 unspecified atom stereocenters. The molecule has 0 radical (unpaired) electrons. The predicted octanol–water partition coefficient (Wildman–Crippen LogP) is -0.0183. The van der Waals surface area contributed by atoms with E-state index in [0.717, 1.165) is 0 Å². The minimum Gasteiger partial charge on any atom is -0.370 e. The first kappa shape index (κ1) is 7.90. The number of nitrogens with two attached hydrogens (primary N) is 2. The summed E-state index contributed by atoms with van der Waals surface area (Å²) in [5.41, 5.74) is 8.94. The molecule has 0 bridgehead atoms. The minimum absolute atomic E-state index is 0.333. The first-order chi connectivity index (χ1) is 4.23. The van der Waals surface area contributed by atoms with Gasteiger partial charge >= 0.3 is 0 Å². The largest absolute Gasteiger partial charge is 0.370 e. The number of rotatable bonds is 0. The van der Waals surface area contributed by atoms with Crippen molar-refractivity contribution in [2.75, 3.05) is 0 Å². The average Bonchev–Trinajstić information content (AvgIpc) is 2.11. The molecule has 0 saturated carbocycles. The van der Waals surface area contributed by atoms with Gasteiger partial charge < -0.3 is 11.5 Å². The fourth-order valence-corrected chi connectivity index (χ4v) is 0.527. The van der Waals surface area contributed by atoms with E-state index in [9.17, 15) is 0 Å². The Kier molecular flexibility index (Phi) is 4.43. The van der Waals surface area contributed by atoms with Gasteiger partial charge in [-0.3, -0.25) is 5.41 Å². The minimum atomic E-state index is -0.333. The van der Waals surface area contributed by atoms with Crippen LogP contribution in [0.1, 0.15) is 0 Å². The Morgan fingerprint density at radius 1 is 1.56 bits per heavy atom. The molecule has 0 spiro atoms. The van der Waals surface area contributed by atoms with E-state index < -0.39 is 0 Å². The van der Waals surface area contributed by atoms with Crippen LogP contribution in [0.25, 0.3) is 0 Å². The zero-order valence-corrected chi connectivity index (χ0v) is 5.56.